The topological polar surface area (TPSA) is 36.9 Å². The molecule has 0 rings (SSSR count). The summed E-state index contributed by atoms with van der Waals surface area (Å²) in [7, 11) is 0. The first kappa shape index (κ1) is 33.4. The molecule has 0 radical (unpaired) electrons. The van der Waals surface area contributed by atoms with Crippen LogP contribution in [0.3, 0.4) is 0 Å². The van der Waals surface area contributed by atoms with Crippen molar-refractivity contribution in [1.82, 2.24) is 0 Å². The van der Waals surface area contributed by atoms with Gasteiger partial charge in [0.1, 0.15) is 0 Å². The van der Waals surface area contributed by atoms with Crippen LogP contribution < -0.4 is 0 Å². The van der Waals surface area contributed by atoms with Crippen LogP contribution in [0.1, 0.15) is 149 Å². The van der Waals surface area contributed by atoms with Crippen molar-refractivity contribution in [2.45, 2.75) is 155 Å². The van der Waals surface area contributed by atoms with Crippen LogP contribution in [0.4, 0.5) is 0 Å². The van der Waals surface area contributed by atoms with Crippen molar-refractivity contribution in [3.8, 4) is 0 Å². The summed E-state index contributed by atoms with van der Waals surface area (Å²) in [4.78, 5) is 0. The number of hydrogen-bond acceptors (Lipinski definition) is 4. The van der Waals surface area contributed by atoms with E-state index in [1.165, 1.54) is 96.3 Å². The van der Waals surface area contributed by atoms with E-state index in [9.17, 15) is 0 Å². The molecule has 4 nitrogen and oxygen atoms in total. The van der Waals surface area contributed by atoms with Gasteiger partial charge in [-0.2, -0.15) is 0 Å². The second kappa shape index (κ2) is 30.5. The van der Waals surface area contributed by atoms with E-state index >= 15 is 0 Å². The first-order valence-electron chi connectivity index (χ1n) is 14.9. The summed E-state index contributed by atoms with van der Waals surface area (Å²) in [6.45, 7) is 9.50. The number of allylic oxidation sites excluding steroid dienone is 1. The summed E-state index contributed by atoms with van der Waals surface area (Å²) < 4.78 is 23.1. The summed E-state index contributed by atoms with van der Waals surface area (Å²) in [6, 6.07) is 0. The molecule has 0 aromatic carbocycles. The fourth-order valence-corrected chi connectivity index (χ4v) is 3.91. The fourth-order valence-electron chi connectivity index (χ4n) is 3.91. The first-order valence-corrected chi connectivity index (χ1v) is 14.9. The van der Waals surface area contributed by atoms with Gasteiger partial charge in [0, 0.05) is 19.6 Å². The zero-order valence-corrected chi connectivity index (χ0v) is 23.3. The van der Waals surface area contributed by atoms with Crippen LogP contribution >= 0.6 is 0 Å². The summed E-state index contributed by atoms with van der Waals surface area (Å²) in [5, 5.41) is 0. The quantitative estimate of drug-likeness (QED) is 0.0601. The van der Waals surface area contributed by atoms with Crippen LogP contribution in [-0.4, -0.2) is 32.9 Å². The standard InChI is InChI=1S/C30H60O4/c1-4-7-10-13-15-17-21-27-33-30(34-28-22-18-16-14-11-8-5-2)24-19-23-26-32-29-31-25-20-12-9-6-3/h23,26,30H,4-22,24-25,27-29H2,1-3H3. The Kier molecular flexibility index (Phi) is 29.9. The Morgan fingerprint density at radius 3 is 1.50 bits per heavy atom. The third-order valence-electron chi connectivity index (χ3n) is 6.16. The van der Waals surface area contributed by atoms with Gasteiger partial charge >= 0.3 is 0 Å². The van der Waals surface area contributed by atoms with E-state index < -0.39 is 0 Å². The minimum absolute atomic E-state index is 0.0975. The van der Waals surface area contributed by atoms with Gasteiger partial charge in [-0.1, -0.05) is 117 Å². The fraction of sp³-hybridized carbons (Fsp3) is 0.933. The zero-order valence-electron chi connectivity index (χ0n) is 23.3. The molecule has 0 fully saturated rings. The second-order valence-electron chi connectivity index (χ2n) is 9.62. The predicted molar refractivity (Wildman–Crippen MR) is 146 cm³/mol. The van der Waals surface area contributed by atoms with Crippen molar-refractivity contribution in [2.75, 3.05) is 26.6 Å². The molecule has 0 aliphatic heterocycles. The van der Waals surface area contributed by atoms with Gasteiger partial charge in [0.15, 0.2) is 13.1 Å². The minimum atomic E-state index is -0.0975. The van der Waals surface area contributed by atoms with Crippen molar-refractivity contribution in [2.24, 2.45) is 0 Å². The van der Waals surface area contributed by atoms with Crippen LogP contribution in [0.2, 0.25) is 0 Å². The van der Waals surface area contributed by atoms with Crippen molar-refractivity contribution in [3.05, 3.63) is 12.3 Å². The minimum Gasteiger partial charge on any atom is -0.475 e. The summed E-state index contributed by atoms with van der Waals surface area (Å²) in [6.07, 6.45) is 28.7. The molecule has 0 aromatic rings. The Labute approximate surface area is 213 Å². The lowest BCUT2D eigenvalue weighted by Gasteiger charge is -2.18. The molecular weight excluding hydrogens is 424 g/mol. The first-order chi connectivity index (χ1) is 16.8. The van der Waals surface area contributed by atoms with E-state index in [1.54, 1.807) is 6.26 Å². The molecule has 0 atom stereocenters. The molecule has 0 aliphatic rings. The third-order valence-corrected chi connectivity index (χ3v) is 6.16. The highest BCUT2D eigenvalue weighted by Crippen LogP contribution is 2.12. The van der Waals surface area contributed by atoms with Crippen molar-refractivity contribution in [1.29, 1.82) is 0 Å². The van der Waals surface area contributed by atoms with E-state index in [0.717, 1.165) is 51.9 Å². The molecular formula is C30H60O4. The van der Waals surface area contributed by atoms with Gasteiger partial charge in [0.05, 0.1) is 12.9 Å². The lowest BCUT2D eigenvalue weighted by Crippen LogP contribution is -2.18. The molecule has 0 bridgehead atoms. The smallest absolute Gasteiger partial charge is 0.188 e. The van der Waals surface area contributed by atoms with Crippen LogP contribution in [0.15, 0.2) is 12.3 Å². The molecule has 0 spiro atoms. The highest BCUT2D eigenvalue weighted by atomic mass is 16.7. The summed E-state index contributed by atoms with van der Waals surface area (Å²) in [5.41, 5.74) is 0. The molecule has 204 valence electrons. The van der Waals surface area contributed by atoms with E-state index in [1.807, 2.05) is 0 Å². The molecule has 34 heavy (non-hydrogen) atoms. The van der Waals surface area contributed by atoms with Crippen molar-refractivity contribution in [3.63, 3.8) is 0 Å². The van der Waals surface area contributed by atoms with E-state index in [-0.39, 0.29) is 6.29 Å². The highest BCUT2D eigenvalue weighted by molar-refractivity contribution is 4.73. The van der Waals surface area contributed by atoms with Gasteiger partial charge in [0.25, 0.3) is 0 Å². The molecule has 0 heterocycles. The molecule has 0 amide bonds. The number of unbranched alkanes of at least 4 members (excludes halogenated alkanes) is 15. The van der Waals surface area contributed by atoms with E-state index in [4.69, 9.17) is 18.9 Å². The normalized spacial score (nSPS) is 11.8. The maximum absolute atomic E-state index is 6.10. The summed E-state index contributed by atoms with van der Waals surface area (Å²) >= 11 is 0. The van der Waals surface area contributed by atoms with Crippen LogP contribution in [0, 0.1) is 0 Å². The van der Waals surface area contributed by atoms with Gasteiger partial charge < -0.3 is 18.9 Å². The monoisotopic (exact) mass is 484 g/mol. The van der Waals surface area contributed by atoms with Gasteiger partial charge in [-0.15, -0.1) is 0 Å². The Hall–Kier alpha value is -0.580. The second-order valence-corrected chi connectivity index (χ2v) is 9.62. The molecule has 0 aromatic heterocycles. The number of rotatable bonds is 29. The Bertz CT molecular complexity index is 366. The van der Waals surface area contributed by atoms with Gasteiger partial charge in [-0.05, 0) is 31.8 Å². The average Bonchev–Trinajstić information content (AvgIpc) is 2.85. The van der Waals surface area contributed by atoms with Gasteiger partial charge in [-0.3, -0.25) is 0 Å². The third kappa shape index (κ3) is 27.7. The van der Waals surface area contributed by atoms with Crippen molar-refractivity contribution >= 4 is 0 Å². The Balaban J connectivity index is 3.92. The predicted octanol–water partition coefficient (Wildman–Crippen LogP) is 9.71. The molecule has 0 unspecified atom stereocenters. The average molecular weight is 485 g/mol. The Morgan fingerprint density at radius 2 is 0.971 bits per heavy atom. The zero-order chi connectivity index (χ0) is 24.8. The van der Waals surface area contributed by atoms with Crippen molar-refractivity contribution < 1.29 is 18.9 Å². The Morgan fingerprint density at radius 1 is 0.529 bits per heavy atom. The number of hydrogen-bond donors (Lipinski definition) is 0. The molecule has 0 saturated carbocycles. The van der Waals surface area contributed by atoms with Crippen LogP contribution in [0.5, 0.6) is 0 Å². The molecule has 0 N–H and O–H groups in total. The highest BCUT2D eigenvalue weighted by Gasteiger charge is 2.08. The van der Waals surface area contributed by atoms with E-state index in [2.05, 4.69) is 26.8 Å². The van der Waals surface area contributed by atoms with Gasteiger partial charge in [-0.25, -0.2) is 0 Å². The van der Waals surface area contributed by atoms with Crippen LogP contribution in [0.25, 0.3) is 0 Å². The van der Waals surface area contributed by atoms with E-state index in [0.29, 0.717) is 6.79 Å². The molecule has 0 aliphatic carbocycles. The SMILES string of the molecule is CCCCCCCCCOC(CCC=COCOCCCCCC)OCCCCCCCCC. The lowest BCUT2D eigenvalue weighted by atomic mass is 10.1. The lowest BCUT2D eigenvalue weighted by molar-refractivity contribution is -0.146. The summed E-state index contributed by atoms with van der Waals surface area (Å²) in [5.74, 6) is 0. The largest absolute Gasteiger partial charge is 0.475 e. The van der Waals surface area contributed by atoms with Gasteiger partial charge in [0.2, 0.25) is 0 Å². The maximum Gasteiger partial charge on any atom is 0.188 e. The van der Waals surface area contributed by atoms with Crippen LogP contribution in [-0.2, 0) is 18.9 Å². The maximum atomic E-state index is 6.10. The molecule has 0 saturated heterocycles. The number of ether oxygens (including phenoxy) is 4. The molecule has 4 heteroatoms.